The second kappa shape index (κ2) is 8.09. The van der Waals surface area contributed by atoms with Crippen molar-refractivity contribution in [1.82, 2.24) is 4.57 Å². The van der Waals surface area contributed by atoms with Gasteiger partial charge in [-0.2, -0.15) is 5.26 Å². The maximum absolute atomic E-state index is 12.6. The molecule has 1 aromatic heterocycles. The molecule has 0 saturated heterocycles. The van der Waals surface area contributed by atoms with Crippen molar-refractivity contribution in [3.05, 3.63) is 54.7 Å². The van der Waals surface area contributed by atoms with Crippen LogP contribution in [0.3, 0.4) is 0 Å². The molecular weight excluding hydrogens is 334 g/mol. The largest absolute Gasteiger partial charge is 0.351 e. The molecule has 0 aliphatic rings. The standard InChI is InChI=1S/C23H25N3O/c1-17(2)7-10-23(27)26(14-12-24)21-6-4-5-18(16-21)19-8-9-22-20(15-19)11-13-25(22)3/h4-6,8-9,11,13,15-17H,7,10,14H2,1-3H3. The highest BCUT2D eigenvalue weighted by Crippen LogP contribution is 2.28. The van der Waals surface area contributed by atoms with Gasteiger partial charge in [-0.15, -0.1) is 0 Å². The minimum absolute atomic E-state index is 0.000844. The lowest BCUT2D eigenvalue weighted by molar-refractivity contribution is -0.118. The maximum Gasteiger partial charge on any atom is 0.227 e. The molecule has 27 heavy (non-hydrogen) atoms. The molecule has 0 N–H and O–H groups in total. The van der Waals surface area contributed by atoms with Gasteiger partial charge in [-0.1, -0.05) is 32.0 Å². The summed E-state index contributed by atoms with van der Waals surface area (Å²) >= 11 is 0. The highest BCUT2D eigenvalue weighted by atomic mass is 16.2. The molecule has 0 saturated carbocycles. The van der Waals surface area contributed by atoms with Gasteiger partial charge in [0.15, 0.2) is 0 Å². The van der Waals surface area contributed by atoms with Crippen LogP contribution < -0.4 is 4.90 Å². The van der Waals surface area contributed by atoms with Crippen LogP contribution in [0.4, 0.5) is 5.69 Å². The van der Waals surface area contributed by atoms with Crippen molar-refractivity contribution < 1.29 is 4.79 Å². The van der Waals surface area contributed by atoms with Crippen LogP contribution in [0, 0.1) is 17.2 Å². The van der Waals surface area contributed by atoms with E-state index in [-0.39, 0.29) is 12.5 Å². The van der Waals surface area contributed by atoms with Gasteiger partial charge in [0.2, 0.25) is 5.91 Å². The zero-order valence-corrected chi connectivity index (χ0v) is 16.1. The average Bonchev–Trinajstić information content (AvgIpc) is 3.04. The normalized spacial score (nSPS) is 10.9. The molecule has 0 radical (unpaired) electrons. The van der Waals surface area contributed by atoms with E-state index < -0.39 is 0 Å². The number of fused-ring (bicyclic) bond motifs is 1. The number of nitriles is 1. The number of aromatic nitrogens is 1. The summed E-state index contributed by atoms with van der Waals surface area (Å²) in [5, 5.41) is 10.4. The Morgan fingerprint density at radius 2 is 1.93 bits per heavy atom. The number of aryl methyl sites for hydroxylation is 1. The van der Waals surface area contributed by atoms with Gasteiger partial charge < -0.3 is 4.57 Å². The summed E-state index contributed by atoms with van der Waals surface area (Å²) in [7, 11) is 2.03. The summed E-state index contributed by atoms with van der Waals surface area (Å²) in [6, 6.07) is 18.5. The lowest BCUT2D eigenvalue weighted by Gasteiger charge is -2.21. The molecule has 138 valence electrons. The smallest absolute Gasteiger partial charge is 0.227 e. The first-order valence-electron chi connectivity index (χ1n) is 9.32. The Morgan fingerprint density at radius 3 is 2.67 bits per heavy atom. The molecule has 4 nitrogen and oxygen atoms in total. The van der Waals surface area contributed by atoms with E-state index in [1.807, 2.05) is 37.5 Å². The topological polar surface area (TPSA) is 49.0 Å². The lowest BCUT2D eigenvalue weighted by atomic mass is 10.0. The summed E-state index contributed by atoms with van der Waals surface area (Å²) in [5.41, 5.74) is 4.10. The van der Waals surface area contributed by atoms with E-state index in [2.05, 4.69) is 48.7 Å². The van der Waals surface area contributed by atoms with Gasteiger partial charge >= 0.3 is 0 Å². The number of nitrogens with zero attached hydrogens (tertiary/aromatic N) is 3. The fourth-order valence-corrected chi connectivity index (χ4v) is 3.26. The van der Waals surface area contributed by atoms with Gasteiger partial charge in [-0.05, 0) is 53.8 Å². The molecular formula is C23H25N3O. The monoisotopic (exact) mass is 359 g/mol. The molecule has 2 aromatic carbocycles. The zero-order chi connectivity index (χ0) is 19.4. The number of benzene rings is 2. The quantitative estimate of drug-likeness (QED) is 0.572. The third kappa shape index (κ3) is 4.20. The Balaban J connectivity index is 1.92. The van der Waals surface area contributed by atoms with Crippen molar-refractivity contribution in [2.75, 3.05) is 11.4 Å². The minimum atomic E-state index is 0.000844. The van der Waals surface area contributed by atoms with E-state index >= 15 is 0 Å². The number of rotatable bonds is 6. The van der Waals surface area contributed by atoms with Crippen LogP contribution in [0.25, 0.3) is 22.0 Å². The Labute approximate surface area is 160 Å². The van der Waals surface area contributed by atoms with Crippen molar-refractivity contribution in [1.29, 1.82) is 5.26 Å². The number of hydrogen-bond acceptors (Lipinski definition) is 2. The third-order valence-electron chi connectivity index (χ3n) is 4.84. The molecule has 1 amide bonds. The third-order valence-corrected chi connectivity index (χ3v) is 4.84. The fourth-order valence-electron chi connectivity index (χ4n) is 3.26. The van der Waals surface area contributed by atoms with Crippen molar-refractivity contribution in [2.24, 2.45) is 13.0 Å². The second-order valence-electron chi connectivity index (χ2n) is 7.32. The lowest BCUT2D eigenvalue weighted by Crippen LogP contribution is -2.31. The number of amides is 1. The van der Waals surface area contributed by atoms with E-state index in [4.69, 9.17) is 0 Å². The first kappa shape index (κ1) is 18.7. The summed E-state index contributed by atoms with van der Waals surface area (Å²) in [4.78, 5) is 14.2. The molecule has 0 atom stereocenters. The van der Waals surface area contributed by atoms with Gasteiger partial charge in [0, 0.05) is 36.3 Å². The van der Waals surface area contributed by atoms with Crippen LogP contribution in [-0.4, -0.2) is 17.0 Å². The SMILES string of the molecule is CC(C)CCC(=O)N(CC#N)c1cccc(-c2ccc3c(ccn3C)c2)c1. The predicted octanol–water partition coefficient (Wildman–Crippen LogP) is 5.14. The average molecular weight is 359 g/mol. The van der Waals surface area contributed by atoms with Gasteiger partial charge in [-0.25, -0.2) is 0 Å². The summed E-state index contributed by atoms with van der Waals surface area (Å²) in [5.74, 6) is 0.461. The van der Waals surface area contributed by atoms with E-state index in [0.717, 1.165) is 23.2 Å². The molecule has 3 aromatic rings. The first-order chi connectivity index (χ1) is 13.0. The molecule has 0 aliphatic heterocycles. The van der Waals surface area contributed by atoms with Crippen LogP contribution in [0.2, 0.25) is 0 Å². The molecule has 0 unspecified atom stereocenters. The van der Waals surface area contributed by atoms with E-state index in [1.165, 1.54) is 10.9 Å². The Hall–Kier alpha value is -3.06. The van der Waals surface area contributed by atoms with Crippen LogP contribution >= 0.6 is 0 Å². The molecule has 0 fully saturated rings. The van der Waals surface area contributed by atoms with Crippen LogP contribution in [0.1, 0.15) is 26.7 Å². The number of carbonyl (C=O) groups excluding carboxylic acids is 1. The van der Waals surface area contributed by atoms with E-state index in [9.17, 15) is 10.1 Å². The fraction of sp³-hybridized carbons (Fsp3) is 0.304. The summed E-state index contributed by atoms with van der Waals surface area (Å²) in [6.45, 7) is 4.27. The van der Waals surface area contributed by atoms with Gasteiger partial charge in [-0.3, -0.25) is 9.69 Å². The van der Waals surface area contributed by atoms with Crippen molar-refractivity contribution >= 4 is 22.5 Å². The molecule has 0 spiro atoms. The Bertz CT molecular complexity index is 994. The molecule has 3 rings (SSSR count). The predicted molar refractivity (Wildman–Crippen MR) is 110 cm³/mol. The second-order valence-corrected chi connectivity index (χ2v) is 7.32. The van der Waals surface area contributed by atoms with E-state index in [1.54, 1.807) is 4.90 Å². The molecule has 0 bridgehead atoms. The van der Waals surface area contributed by atoms with Crippen molar-refractivity contribution in [3.8, 4) is 17.2 Å². The van der Waals surface area contributed by atoms with Crippen LogP contribution in [-0.2, 0) is 11.8 Å². The van der Waals surface area contributed by atoms with Crippen molar-refractivity contribution in [3.63, 3.8) is 0 Å². The number of anilines is 1. The molecule has 4 heteroatoms. The Morgan fingerprint density at radius 1 is 1.15 bits per heavy atom. The van der Waals surface area contributed by atoms with Crippen molar-refractivity contribution in [2.45, 2.75) is 26.7 Å². The van der Waals surface area contributed by atoms with Gasteiger partial charge in [0.25, 0.3) is 0 Å². The molecule has 1 heterocycles. The zero-order valence-electron chi connectivity index (χ0n) is 16.1. The summed E-state index contributed by atoms with van der Waals surface area (Å²) < 4.78 is 2.09. The maximum atomic E-state index is 12.6. The Kier molecular flexibility index (Phi) is 5.61. The highest BCUT2D eigenvalue weighted by molar-refractivity contribution is 5.94. The molecule has 0 aliphatic carbocycles. The van der Waals surface area contributed by atoms with Crippen LogP contribution in [0.15, 0.2) is 54.7 Å². The number of hydrogen-bond donors (Lipinski definition) is 0. The van der Waals surface area contributed by atoms with Crippen LogP contribution in [0.5, 0.6) is 0 Å². The summed E-state index contributed by atoms with van der Waals surface area (Å²) in [6.07, 6.45) is 3.33. The minimum Gasteiger partial charge on any atom is -0.351 e. The van der Waals surface area contributed by atoms with Gasteiger partial charge in [0.1, 0.15) is 6.54 Å². The van der Waals surface area contributed by atoms with E-state index in [0.29, 0.717) is 12.3 Å². The van der Waals surface area contributed by atoms with Gasteiger partial charge in [0.05, 0.1) is 6.07 Å². The first-order valence-corrected chi connectivity index (χ1v) is 9.32. The highest BCUT2D eigenvalue weighted by Gasteiger charge is 2.16. The number of carbonyl (C=O) groups is 1.